The molecule has 0 saturated carbocycles. The van der Waals surface area contributed by atoms with Gasteiger partial charge in [-0.15, -0.1) is 0 Å². The van der Waals surface area contributed by atoms with Gasteiger partial charge in [-0.1, -0.05) is 23.7 Å². The molecule has 0 aliphatic carbocycles. The summed E-state index contributed by atoms with van der Waals surface area (Å²) in [5, 5.41) is 7.02. The Bertz CT molecular complexity index is 1140. The average molecular weight is 479 g/mol. The molecule has 0 atom stereocenters. The molecular weight excluding hydrogens is 458 g/mol. The minimum absolute atomic E-state index is 0.0545. The maximum absolute atomic E-state index is 12.4. The van der Waals surface area contributed by atoms with Gasteiger partial charge >= 0.3 is 12.6 Å². The van der Waals surface area contributed by atoms with E-state index in [2.05, 4.69) is 20.1 Å². The molecule has 0 aliphatic heterocycles. The van der Waals surface area contributed by atoms with Gasteiger partial charge < -0.3 is 14.8 Å². The monoisotopic (exact) mass is 478 g/mol. The van der Waals surface area contributed by atoms with Crippen LogP contribution in [0.1, 0.15) is 27.4 Å². The van der Waals surface area contributed by atoms with Crippen molar-refractivity contribution in [1.29, 1.82) is 0 Å². The van der Waals surface area contributed by atoms with Crippen molar-refractivity contribution >= 4 is 23.5 Å². The number of nitrogens with one attached hydrogen (secondary N) is 1. The normalized spacial score (nSPS) is 10.8. The number of hydrogen-bond donors (Lipinski definition) is 1. The molecule has 1 N–H and O–H groups in total. The first-order chi connectivity index (χ1) is 15.7. The van der Waals surface area contributed by atoms with Gasteiger partial charge in [-0.2, -0.15) is 13.9 Å². The second-order valence-corrected chi connectivity index (χ2v) is 7.44. The highest BCUT2D eigenvalue weighted by Gasteiger charge is 2.18. The number of carbonyl (C=O) groups excluding carboxylic acids is 2. The summed E-state index contributed by atoms with van der Waals surface area (Å²) in [5.74, 6) is -0.898. The summed E-state index contributed by atoms with van der Waals surface area (Å²) in [6.45, 7) is 0.554. The summed E-state index contributed by atoms with van der Waals surface area (Å²) < 4.78 is 35.2. The van der Waals surface area contributed by atoms with Gasteiger partial charge in [-0.3, -0.25) is 4.79 Å². The number of hydrogen-bond acceptors (Lipinski definition) is 6. The van der Waals surface area contributed by atoms with E-state index >= 15 is 0 Å². The van der Waals surface area contributed by atoms with E-state index in [1.54, 1.807) is 22.9 Å². The average Bonchev–Trinajstić information content (AvgIpc) is 3.11. The van der Waals surface area contributed by atoms with Crippen LogP contribution in [0.3, 0.4) is 0 Å². The van der Waals surface area contributed by atoms with Gasteiger partial charge in [0.15, 0.2) is 18.1 Å². The molecule has 0 bridgehead atoms. The zero-order chi connectivity index (χ0) is 24.0. The zero-order valence-corrected chi connectivity index (χ0v) is 18.6. The van der Waals surface area contributed by atoms with Crippen molar-refractivity contribution in [3.8, 4) is 11.6 Å². The predicted octanol–water partition coefficient (Wildman–Crippen LogP) is 3.65. The van der Waals surface area contributed by atoms with E-state index in [9.17, 15) is 18.4 Å². The molecule has 0 radical (unpaired) electrons. The number of alkyl halides is 2. The third-order valence-electron chi connectivity index (χ3n) is 4.47. The maximum atomic E-state index is 12.4. The van der Waals surface area contributed by atoms with E-state index in [1.807, 2.05) is 19.9 Å². The Morgan fingerprint density at radius 1 is 1.15 bits per heavy atom. The fraction of sp³-hybridized carbons (Fsp3) is 0.273. The highest BCUT2D eigenvalue weighted by Crippen LogP contribution is 2.19. The largest absolute Gasteiger partial charge is 0.451 e. The van der Waals surface area contributed by atoms with Crippen molar-refractivity contribution in [3.63, 3.8) is 0 Å². The van der Waals surface area contributed by atoms with Crippen molar-refractivity contribution < 1.29 is 27.8 Å². The SMILES string of the molecule is Cc1cc(C)n(-c2ccc(Cl)c(C(=O)OCC(=O)NCCc3ccc(OC(F)F)cc3)n2)n1. The lowest BCUT2D eigenvalue weighted by Gasteiger charge is -2.09. The molecule has 1 aromatic carbocycles. The number of rotatable bonds is 9. The van der Waals surface area contributed by atoms with E-state index in [0.29, 0.717) is 12.2 Å². The fourth-order valence-corrected chi connectivity index (χ4v) is 3.17. The lowest BCUT2D eigenvalue weighted by molar-refractivity contribution is -0.124. The van der Waals surface area contributed by atoms with Crippen molar-refractivity contribution in [2.24, 2.45) is 0 Å². The molecule has 2 aromatic heterocycles. The van der Waals surface area contributed by atoms with E-state index in [-0.39, 0.29) is 23.0 Å². The molecule has 3 rings (SSSR count). The van der Waals surface area contributed by atoms with Crippen molar-refractivity contribution in [2.75, 3.05) is 13.2 Å². The molecule has 0 spiro atoms. The Labute approximate surface area is 193 Å². The van der Waals surface area contributed by atoms with Crippen LogP contribution in [0.4, 0.5) is 8.78 Å². The third kappa shape index (κ3) is 6.72. The quantitative estimate of drug-likeness (QED) is 0.472. The van der Waals surface area contributed by atoms with E-state index < -0.39 is 25.1 Å². The number of esters is 1. The van der Waals surface area contributed by atoms with Crippen LogP contribution in [0.5, 0.6) is 5.75 Å². The minimum atomic E-state index is -2.88. The van der Waals surface area contributed by atoms with Gasteiger partial charge in [-0.25, -0.2) is 14.5 Å². The molecule has 3 aromatic rings. The zero-order valence-electron chi connectivity index (χ0n) is 17.8. The third-order valence-corrected chi connectivity index (χ3v) is 4.77. The van der Waals surface area contributed by atoms with Crippen molar-refractivity contribution in [2.45, 2.75) is 26.9 Å². The molecule has 11 heteroatoms. The Kier molecular flexibility index (Phi) is 7.94. The number of amides is 1. The van der Waals surface area contributed by atoms with E-state index in [4.69, 9.17) is 16.3 Å². The summed E-state index contributed by atoms with van der Waals surface area (Å²) in [4.78, 5) is 28.6. The number of benzene rings is 1. The minimum Gasteiger partial charge on any atom is -0.451 e. The summed E-state index contributed by atoms with van der Waals surface area (Å²) in [7, 11) is 0. The molecule has 1 amide bonds. The highest BCUT2D eigenvalue weighted by atomic mass is 35.5. The first-order valence-corrected chi connectivity index (χ1v) is 10.3. The summed E-state index contributed by atoms with van der Waals surface area (Å²) >= 11 is 6.09. The first kappa shape index (κ1) is 24.1. The van der Waals surface area contributed by atoms with Gasteiger partial charge in [0, 0.05) is 12.2 Å². The maximum Gasteiger partial charge on any atom is 0.387 e. The number of nitrogens with zero attached hydrogens (tertiary/aromatic N) is 3. The number of halogens is 3. The van der Waals surface area contributed by atoms with Crippen LogP contribution >= 0.6 is 11.6 Å². The lowest BCUT2D eigenvalue weighted by Crippen LogP contribution is -2.30. The molecule has 2 heterocycles. The van der Waals surface area contributed by atoms with Gasteiger partial charge in [0.25, 0.3) is 5.91 Å². The second kappa shape index (κ2) is 10.9. The molecule has 33 heavy (non-hydrogen) atoms. The molecule has 0 unspecified atom stereocenters. The lowest BCUT2D eigenvalue weighted by atomic mass is 10.1. The predicted molar refractivity (Wildman–Crippen MR) is 116 cm³/mol. The van der Waals surface area contributed by atoms with Gasteiger partial charge in [0.1, 0.15) is 5.75 Å². The smallest absolute Gasteiger partial charge is 0.387 e. The van der Waals surface area contributed by atoms with Crippen molar-refractivity contribution in [1.82, 2.24) is 20.1 Å². The van der Waals surface area contributed by atoms with Crippen LogP contribution in [0.25, 0.3) is 5.82 Å². The summed E-state index contributed by atoms with van der Waals surface area (Å²) in [6, 6.07) is 11.1. The molecule has 174 valence electrons. The number of aryl methyl sites for hydroxylation is 2. The van der Waals surface area contributed by atoms with Crippen LogP contribution in [-0.4, -0.2) is 46.4 Å². The van der Waals surface area contributed by atoms with E-state index in [1.165, 1.54) is 18.2 Å². The Morgan fingerprint density at radius 3 is 2.52 bits per heavy atom. The number of ether oxygens (including phenoxy) is 2. The van der Waals surface area contributed by atoms with Crippen LogP contribution < -0.4 is 10.1 Å². The Hall–Kier alpha value is -3.53. The molecule has 0 aliphatic rings. The van der Waals surface area contributed by atoms with Gasteiger partial charge in [0.2, 0.25) is 0 Å². The molecular formula is C22H21ClF2N4O4. The van der Waals surface area contributed by atoms with Crippen LogP contribution in [0, 0.1) is 13.8 Å². The molecule has 8 nitrogen and oxygen atoms in total. The Morgan fingerprint density at radius 2 is 1.88 bits per heavy atom. The molecule has 0 saturated heterocycles. The fourth-order valence-electron chi connectivity index (χ4n) is 2.99. The standard InChI is InChI=1S/C22H21ClF2N4O4/c1-13-11-14(2)29(28-13)18-8-7-17(23)20(27-18)21(31)32-12-19(30)26-10-9-15-3-5-16(6-4-15)33-22(24)25/h3-8,11,22H,9-10,12H2,1-2H3,(H,26,30). The van der Waals surface area contributed by atoms with Gasteiger partial charge in [0.05, 0.1) is 10.7 Å². The number of aromatic nitrogens is 3. The topological polar surface area (TPSA) is 95.3 Å². The van der Waals surface area contributed by atoms with Crippen LogP contribution in [-0.2, 0) is 16.0 Å². The van der Waals surface area contributed by atoms with E-state index in [0.717, 1.165) is 17.0 Å². The van der Waals surface area contributed by atoms with Crippen LogP contribution in [0.15, 0.2) is 42.5 Å². The van der Waals surface area contributed by atoms with Gasteiger partial charge in [-0.05, 0) is 56.2 Å². The Balaban J connectivity index is 1.50. The summed E-state index contributed by atoms with van der Waals surface area (Å²) in [6.07, 6.45) is 0.451. The number of pyridine rings is 1. The molecule has 0 fully saturated rings. The number of carbonyl (C=O) groups is 2. The van der Waals surface area contributed by atoms with Crippen LogP contribution in [0.2, 0.25) is 5.02 Å². The second-order valence-electron chi connectivity index (χ2n) is 7.04. The highest BCUT2D eigenvalue weighted by molar-refractivity contribution is 6.33. The first-order valence-electron chi connectivity index (χ1n) is 9.90. The van der Waals surface area contributed by atoms with Crippen molar-refractivity contribution in [3.05, 3.63) is 70.1 Å². The summed E-state index contributed by atoms with van der Waals surface area (Å²) in [5.41, 5.74) is 2.31.